The number of carbonyl (C=O) groups is 1. The van der Waals surface area contributed by atoms with E-state index in [-0.39, 0.29) is 16.9 Å². The van der Waals surface area contributed by atoms with Crippen LogP contribution in [0.3, 0.4) is 0 Å². The standard InChI is InChI=1S/C19H23N3O2/c1-12-7-9-21(10-8-12)19(24)14-11-22(13-5-6-13)16-4-2-3-15(20)17(16)18(14)23/h2-4,11-13H,5-10,20H2,1H3. The maximum atomic E-state index is 13.0. The van der Waals surface area contributed by atoms with Crippen LogP contribution in [0.15, 0.2) is 29.2 Å². The molecule has 1 aromatic heterocycles. The summed E-state index contributed by atoms with van der Waals surface area (Å²) in [6.07, 6.45) is 5.93. The van der Waals surface area contributed by atoms with Crippen molar-refractivity contribution in [3.8, 4) is 0 Å². The molecular weight excluding hydrogens is 302 g/mol. The smallest absolute Gasteiger partial charge is 0.259 e. The second-order valence-corrected chi connectivity index (χ2v) is 7.23. The molecule has 0 unspecified atom stereocenters. The minimum absolute atomic E-state index is 0.147. The topological polar surface area (TPSA) is 68.3 Å². The third-order valence-corrected chi connectivity index (χ3v) is 5.33. The van der Waals surface area contributed by atoms with Crippen LogP contribution in [0, 0.1) is 5.92 Å². The second-order valence-electron chi connectivity index (χ2n) is 7.23. The Morgan fingerprint density at radius 3 is 2.54 bits per heavy atom. The van der Waals surface area contributed by atoms with Gasteiger partial charge in [0.25, 0.3) is 5.91 Å². The van der Waals surface area contributed by atoms with Crippen LogP contribution in [0.4, 0.5) is 5.69 Å². The van der Waals surface area contributed by atoms with E-state index in [4.69, 9.17) is 5.73 Å². The van der Waals surface area contributed by atoms with Gasteiger partial charge >= 0.3 is 0 Å². The number of nitrogens with zero attached hydrogens (tertiary/aromatic N) is 2. The molecule has 1 aliphatic carbocycles. The summed E-state index contributed by atoms with van der Waals surface area (Å²) in [5.41, 5.74) is 7.40. The number of likely N-dealkylation sites (tertiary alicyclic amines) is 1. The Morgan fingerprint density at radius 2 is 1.88 bits per heavy atom. The van der Waals surface area contributed by atoms with Crippen molar-refractivity contribution in [3.63, 3.8) is 0 Å². The minimum Gasteiger partial charge on any atom is -0.398 e. The largest absolute Gasteiger partial charge is 0.398 e. The van der Waals surface area contributed by atoms with E-state index in [1.54, 1.807) is 12.3 Å². The van der Waals surface area contributed by atoms with Gasteiger partial charge < -0.3 is 15.2 Å². The van der Waals surface area contributed by atoms with Crippen LogP contribution in [-0.4, -0.2) is 28.5 Å². The Morgan fingerprint density at radius 1 is 1.17 bits per heavy atom. The highest BCUT2D eigenvalue weighted by Crippen LogP contribution is 2.37. The van der Waals surface area contributed by atoms with E-state index >= 15 is 0 Å². The normalized spacial score (nSPS) is 19.0. The number of carbonyl (C=O) groups excluding carboxylic acids is 1. The fraction of sp³-hybridized carbons (Fsp3) is 0.474. The maximum absolute atomic E-state index is 13.0. The fourth-order valence-corrected chi connectivity index (χ4v) is 3.61. The van der Waals surface area contributed by atoms with E-state index in [2.05, 4.69) is 11.5 Å². The molecule has 2 aliphatic rings. The summed E-state index contributed by atoms with van der Waals surface area (Å²) in [6, 6.07) is 5.90. The van der Waals surface area contributed by atoms with E-state index in [9.17, 15) is 9.59 Å². The lowest BCUT2D eigenvalue weighted by atomic mass is 9.98. The molecule has 2 aromatic rings. The van der Waals surface area contributed by atoms with Crippen LogP contribution in [0.5, 0.6) is 0 Å². The van der Waals surface area contributed by atoms with Crippen molar-refractivity contribution in [3.05, 3.63) is 40.2 Å². The first-order valence-corrected chi connectivity index (χ1v) is 8.79. The number of amides is 1. The van der Waals surface area contributed by atoms with Crippen molar-refractivity contribution in [2.24, 2.45) is 5.92 Å². The Kier molecular flexibility index (Phi) is 3.59. The van der Waals surface area contributed by atoms with E-state index < -0.39 is 0 Å². The number of nitrogens with two attached hydrogens (primary N) is 1. The van der Waals surface area contributed by atoms with Crippen LogP contribution < -0.4 is 11.2 Å². The van der Waals surface area contributed by atoms with Crippen molar-refractivity contribution in [1.82, 2.24) is 9.47 Å². The molecule has 0 spiro atoms. The van der Waals surface area contributed by atoms with Crippen molar-refractivity contribution >= 4 is 22.5 Å². The molecule has 0 bridgehead atoms. The number of piperidine rings is 1. The highest BCUT2D eigenvalue weighted by atomic mass is 16.2. The van der Waals surface area contributed by atoms with Gasteiger partial charge in [0.05, 0.1) is 10.9 Å². The third-order valence-electron chi connectivity index (χ3n) is 5.33. The van der Waals surface area contributed by atoms with E-state index in [0.29, 0.717) is 23.0 Å². The molecule has 1 aliphatic heterocycles. The van der Waals surface area contributed by atoms with Gasteiger partial charge in [-0.05, 0) is 43.7 Å². The molecule has 24 heavy (non-hydrogen) atoms. The van der Waals surface area contributed by atoms with Gasteiger partial charge in [-0.25, -0.2) is 0 Å². The molecular formula is C19H23N3O2. The number of anilines is 1. The second kappa shape index (κ2) is 5.65. The van der Waals surface area contributed by atoms with Gasteiger partial charge in [-0.2, -0.15) is 0 Å². The molecule has 0 radical (unpaired) electrons. The highest BCUT2D eigenvalue weighted by molar-refractivity contribution is 6.00. The number of hydrogen-bond acceptors (Lipinski definition) is 3. The summed E-state index contributed by atoms with van der Waals surface area (Å²) in [4.78, 5) is 27.7. The van der Waals surface area contributed by atoms with Crippen LogP contribution in [0.2, 0.25) is 0 Å². The van der Waals surface area contributed by atoms with Gasteiger partial charge in [-0.3, -0.25) is 9.59 Å². The Balaban J connectivity index is 1.83. The predicted octanol–water partition coefficient (Wildman–Crippen LogP) is 2.79. The van der Waals surface area contributed by atoms with Crippen LogP contribution in [0.1, 0.15) is 49.0 Å². The van der Waals surface area contributed by atoms with Crippen molar-refractivity contribution in [2.45, 2.75) is 38.6 Å². The zero-order valence-electron chi connectivity index (χ0n) is 14.0. The maximum Gasteiger partial charge on any atom is 0.259 e. The molecule has 1 amide bonds. The minimum atomic E-state index is -0.233. The molecule has 2 heterocycles. The average Bonchev–Trinajstić information content (AvgIpc) is 3.40. The Bertz CT molecular complexity index is 859. The zero-order valence-corrected chi connectivity index (χ0v) is 14.0. The number of pyridine rings is 1. The van der Waals surface area contributed by atoms with Gasteiger partial charge in [0, 0.05) is 31.0 Å². The van der Waals surface area contributed by atoms with Crippen LogP contribution >= 0.6 is 0 Å². The van der Waals surface area contributed by atoms with E-state index in [0.717, 1.165) is 44.3 Å². The summed E-state index contributed by atoms with van der Waals surface area (Å²) < 4.78 is 2.08. The first-order valence-electron chi connectivity index (χ1n) is 8.79. The molecule has 1 saturated carbocycles. The zero-order chi connectivity index (χ0) is 16.8. The molecule has 2 fully saturated rings. The number of benzene rings is 1. The summed E-state index contributed by atoms with van der Waals surface area (Å²) in [7, 11) is 0. The SMILES string of the molecule is CC1CCN(C(=O)c2cn(C3CC3)c3cccc(N)c3c2=O)CC1. The molecule has 5 nitrogen and oxygen atoms in total. The quantitative estimate of drug-likeness (QED) is 0.863. The van der Waals surface area contributed by atoms with Gasteiger partial charge in [0.15, 0.2) is 0 Å². The van der Waals surface area contributed by atoms with Gasteiger partial charge in [0.2, 0.25) is 5.43 Å². The number of rotatable bonds is 2. The van der Waals surface area contributed by atoms with Crippen molar-refractivity contribution in [2.75, 3.05) is 18.8 Å². The molecule has 1 aromatic carbocycles. The van der Waals surface area contributed by atoms with Crippen molar-refractivity contribution < 1.29 is 4.79 Å². The number of nitrogen functional groups attached to an aromatic ring is 1. The predicted molar refractivity (Wildman–Crippen MR) is 95.2 cm³/mol. The van der Waals surface area contributed by atoms with Gasteiger partial charge in [0.1, 0.15) is 5.56 Å². The Hall–Kier alpha value is -2.30. The molecule has 0 atom stereocenters. The first kappa shape index (κ1) is 15.2. The molecule has 2 N–H and O–H groups in total. The van der Waals surface area contributed by atoms with Crippen LogP contribution in [0.25, 0.3) is 10.9 Å². The molecule has 1 saturated heterocycles. The molecule has 4 rings (SSSR count). The molecule has 5 heteroatoms. The van der Waals surface area contributed by atoms with Gasteiger partial charge in [-0.1, -0.05) is 13.0 Å². The summed E-state index contributed by atoms with van der Waals surface area (Å²) in [5, 5.41) is 0.487. The summed E-state index contributed by atoms with van der Waals surface area (Å²) in [6.45, 7) is 3.66. The average molecular weight is 325 g/mol. The van der Waals surface area contributed by atoms with E-state index in [1.165, 1.54) is 0 Å². The Labute approximate surface area is 141 Å². The number of hydrogen-bond donors (Lipinski definition) is 1. The third kappa shape index (κ3) is 2.48. The molecule has 126 valence electrons. The van der Waals surface area contributed by atoms with Crippen LogP contribution in [-0.2, 0) is 0 Å². The van der Waals surface area contributed by atoms with E-state index in [1.807, 2.05) is 17.0 Å². The summed E-state index contributed by atoms with van der Waals surface area (Å²) >= 11 is 0. The lowest BCUT2D eigenvalue weighted by Gasteiger charge is -2.30. The summed E-state index contributed by atoms with van der Waals surface area (Å²) in [5.74, 6) is 0.496. The monoisotopic (exact) mass is 325 g/mol. The first-order chi connectivity index (χ1) is 11.6. The van der Waals surface area contributed by atoms with Gasteiger partial charge in [-0.15, -0.1) is 0 Å². The number of aromatic nitrogens is 1. The lowest BCUT2D eigenvalue weighted by Crippen LogP contribution is -2.40. The van der Waals surface area contributed by atoms with Crippen molar-refractivity contribution in [1.29, 1.82) is 0 Å². The highest BCUT2D eigenvalue weighted by Gasteiger charge is 2.29. The fourth-order valence-electron chi connectivity index (χ4n) is 3.61. The lowest BCUT2D eigenvalue weighted by molar-refractivity contribution is 0.0695. The number of fused-ring (bicyclic) bond motifs is 1.